The van der Waals surface area contributed by atoms with E-state index >= 15 is 0 Å². The van der Waals surface area contributed by atoms with Gasteiger partial charge in [-0.2, -0.15) is 0 Å². The number of thiophene rings is 1. The molecule has 18 heavy (non-hydrogen) atoms. The van der Waals surface area contributed by atoms with Crippen LogP contribution < -0.4 is 0 Å². The van der Waals surface area contributed by atoms with Crippen molar-refractivity contribution in [3.05, 3.63) is 56.2 Å². The topological polar surface area (TPSA) is 20.2 Å². The van der Waals surface area contributed by atoms with E-state index in [-0.39, 0.29) is 0 Å². The fourth-order valence-electron chi connectivity index (χ4n) is 1.97. The van der Waals surface area contributed by atoms with Gasteiger partial charge >= 0.3 is 0 Å². The molecule has 96 valence electrons. The Kier molecular flexibility index (Phi) is 4.25. The number of hydrogen-bond donors (Lipinski definition) is 1. The number of aliphatic hydroxyl groups is 1. The minimum absolute atomic E-state index is 0.661. The summed E-state index contributed by atoms with van der Waals surface area (Å²) < 4.78 is 1.00. The first-order valence-electron chi connectivity index (χ1n) is 6.07. The Labute approximate surface area is 121 Å². The van der Waals surface area contributed by atoms with E-state index < -0.39 is 5.60 Å². The molecule has 1 aromatic carbocycles. The van der Waals surface area contributed by atoms with Gasteiger partial charge in [-0.1, -0.05) is 35.0 Å². The van der Waals surface area contributed by atoms with Crippen LogP contribution in [0.25, 0.3) is 0 Å². The van der Waals surface area contributed by atoms with E-state index in [4.69, 9.17) is 0 Å². The van der Waals surface area contributed by atoms with Crippen LogP contribution in [0.5, 0.6) is 0 Å². The molecule has 1 unspecified atom stereocenters. The standard InChI is InChI=1S/C15H17BrOS/c1-3-13-7-8-14(18-13)10-15(2,17)11-5-4-6-12(16)9-11/h4-9,17H,3,10H2,1-2H3. The van der Waals surface area contributed by atoms with Crippen LogP contribution in [-0.2, 0) is 18.4 Å². The predicted molar refractivity (Wildman–Crippen MR) is 81.1 cm³/mol. The number of benzene rings is 1. The van der Waals surface area contributed by atoms with Crippen molar-refractivity contribution in [2.24, 2.45) is 0 Å². The lowest BCUT2D eigenvalue weighted by Gasteiger charge is -2.23. The maximum absolute atomic E-state index is 10.6. The van der Waals surface area contributed by atoms with Crippen LogP contribution in [-0.4, -0.2) is 5.11 Å². The summed E-state index contributed by atoms with van der Waals surface area (Å²) in [6, 6.07) is 12.2. The highest BCUT2D eigenvalue weighted by molar-refractivity contribution is 9.10. The van der Waals surface area contributed by atoms with Gasteiger partial charge in [-0.25, -0.2) is 0 Å². The lowest BCUT2D eigenvalue weighted by molar-refractivity contribution is 0.0584. The van der Waals surface area contributed by atoms with Crippen LogP contribution in [0.1, 0.15) is 29.2 Å². The van der Waals surface area contributed by atoms with E-state index in [1.165, 1.54) is 9.75 Å². The molecule has 0 aliphatic carbocycles. The summed E-state index contributed by atoms with van der Waals surface area (Å²) in [5, 5.41) is 10.6. The molecule has 1 nitrogen and oxygen atoms in total. The van der Waals surface area contributed by atoms with Gasteiger partial charge in [0.05, 0.1) is 5.60 Å². The Morgan fingerprint density at radius 3 is 2.56 bits per heavy atom. The molecule has 1 aromatic heterocycles. The Hall–Kier alpha value is -0.640. The molecule has 2 rings (SSSR count). The minimum Gasteiger partial charge on any atom is -0.385 e. The second-order valence-corrected chi connectivity index (χ2v) is 6.85. The molecule has 0 fully saturated rings. The van der Waals surface area contributed by atoms with Gasteiger partial charge in [0.2, 0.25) is 0 Å². The van der Waals surface area contributed by atoms with E-state index in [0.29, 0.717) is 6.42 Å². The average Bonchev–Trinajstić information content (AvgIpc) is 2.76. The quantitative estimate of drug-likeness (QED) is 0.876. The highest BCUT2D eigenvalue weighted by Crippen LogP contribution is 2.30. The predicted octanol–water partition coefficient (Wildman–Crippen LogP) is 4.52. The molecule has 0 bridgehead atoms. The van der Waals surface area contributed by atoms with Crippen molar-refractivity contribution >= 4 is 27.3 Å². The molecule has 0 amide bonds. The average molecular weight is 325 g/mol. The monoisotopic (exact) mass is 324 g/mol. The summed E-state index contributed by atoms with van der Waals surface area (Å²) in [7, 11) is 0. The highest BCUT2D eigenvalue weighted by Gasteiger charge is 2.24. The molecule has 0 radical (unpaired) electrons. The van der Waals surface area contributed by atoms with Gasteiger partial charge in [-0.3, -0.25) is 0 Å². The fraction of sp³-hybridized carbons (Fsp3) is 0.333. The largest absolute Gasteiger partial charge is 0.385 e. The van der Waals surface area contributed by atoms with E-state index in [1.54, 1.807) is 11.3 Å². The van der Waals surface area contributed by atoms with Gasteiger partial charge in [0.15, 0.2) is 0 Å². The van der Waals surface area contributed by atoms with Gasteiger partial charge < -0.3 is 5.11 Å². The molecule has 1 N–H and O–H groups in total. The lowest BCUT2D eigenvalue weighted by atomic mass is 9.92. The van der Waals surface area contributed by atoms with Crippen LogP contribution in [0.2, 0.25) is 0 Å². The Balaban J connectivity index is 2.20. The van der Waals surface area contributed by atoms with Gasteiger partial charge in [0, 0.05) is 20.6 Å². The normalized spacial score (nSPS) is 14.4. The molecular formula is C15H17BrOS. The zero-order valence-corrected chi connectivity index (χ0v) is 13.0. The zero-order chi connectivity index (χ0) is 13.2. The maximum Gasteiger partial charge on any atom is 0.0916 e. The van der Waals surface area contributed by atoms with E-state index in [0.717, 1.165) is 16.5 Å². The summed E-state index contributed by atoms with van der Waals surface area (Å²) in [6.07, 6.45) is 1.72. The minimum atomic E-state index is -0.820. The van der Waals surface area contributed by atoms with Crippen molar-refractivity contribution in [1.29, 1.82) is 0 Å². The van der Waals surface area contributed by atoms with Crippen molar-refractivity contribution in [1.82, 2.24) is 0 Å². The summed E-state index contributed by atoms with van der Waals surface area (Å²) in [4.78, 5) is 2.60. The summed E-state index contributed by atoms with van der Waals surface area (Å²) in [5.41, 5.74) is 0.128. The van der Waals surface area contributed by atoms with Crippen molar-refractivity contribution < 1.29 is 5.11 Å². The second kappa shape index (κ2) is 5.55. The number of aryl methyl sites for hydroxylation is 1. The molecule has 1 atom stereocenters. The third kappa shape index (κ3) is 3.22. The van der Waals surface area contributed by atoms with Crippen molar-refractivity contribution in [2.45, 2.75) is 32.3 Å². The number of rotatable bonds is 4. The van der Waals surface area contributed by atoms with E-state index in [2.05, 4.69) is 35.0 Å². The Bertz CT molecular complexity index is 531. The molecule has 0 saturated heterocycles. The molecule has 0 spiro atoms. The summed E-state index contributed by atoms with van der Waals surface area (Å²) >= 11 is 5.23. The third-order valence-electron chi connectivity index (χ3n) is 3.03. The maximum atomic E-state index is 10.6. The first kappa shape index (κ1) is 13.8. The van der Waals surface area contributed by atoms with Crippen LogP contribution in [0.4, 0.5) is 0 Å². The van der Waals surface area contributed by atoms with Crippen molar-refractivity contribution in [3.8, 4) is 0 Å². The molecule has 0 saturated carbocycles. The van der Waals surface area contributed by atoms with Crippen LogP contribution in [0, 0.1) is 0 Å². The first-order chi connectivity index (χ1) is 8.51. The SMILES string of the molecule is CCc1ccc(CC(C)(O)c2cccc(Br)c2)s1. The van der Waals surface area contributed by atoms with Gasteiger partial charge in [-0.05, 0) is 43.2 Å². The Morgan fingerprint density at radius 1 is 1.22 bits per heavy atom. The van der Waals surface area contributed by atoms with Crippen molar-refractivity contribution in [2.75, 3.05) is 0 Å². The number of halogens is 1. The third-order valence-corrected chi connectivity index (χ3v) is 4.75. The zero-order valence-electron chi connectivity index (χ0n) is 10.6. The van der Waals surface area contributed by atoms with Gasteiger partial charge in [0.25, 0.3) is 0 Å². The molecule has 0 aliphatic heterocycles. The van der Waals surface area contributed by atoms with Crippen molar-refractivity contribution in [3.63, 3.8) is 0 Å². The second-order valence-electron chi connectivity index (χ2n) is 4.68. The van der Waals surface area contributed by atoms with Gasteiger partial charge in [0.1, 0.15) is 0 Å². The smallest absolute Gasteiger partial charge is 0.0916 e. The molecule has 1 heterocycles. The van der Waals surface area contributed by atoms with E-state index in [1.807, 2.05) is 31.2 Å². The number of hydrogen-bond acceptors (Lipinski definition) is 2. The summed E-state index contributed by atoms with van der Waals surface area (Å²) in [5.74, 6) is 0. The van der Waals surface area contributed by atoms with E-state index in [9.17, 15) is 5.11 Å². The van der Waals surface area contributed by atoms with Crippen LogP contribution in [0.3, 0.4) is 0 Å². The lowest BCUT2D eigenvalue weighted by Crippen LogP contribution is -2.23. The highest BCUT2D eigenvalue weighted by atomic mass is 79.9. The first-order valence-corrected chi connectivity index (χ1v) is 7.68. The molecule has 0 aliphatic rings. The summed E-state index contributed by atoms with van der Waals surface area (Å²) in [6.45, 7) is 4.03. The molecular weight excluding hydrogens is 308 g/mol. The van der Waals surface area contributed by atoms with Crippen LogP contribution in [0.15, 0.2) is 40.9 Å². The molecule has 2 aromatic rings. The fourth-order valence-corrected chi connectivity index (χ4v) is 3.48. The molecule has 3 heteroatoms. The van der Waals surface area contributed by atoms with Crippen LogP contribution >= 0.6 is 27.3 Å². The Morgan fingerprint density at radius 2 is 1.94 bits per heavy atom. The van der Waals surface area contributed by atoms with Gasteiger partial charge in [-0.15, -0.1) is 11.3 Å².